The summed E-state index contributed by atoms with van der Waals surface area (Å²) in [7, 11) is 0. The summed E-state index contributed by atoms with van der Waals surface area (Å²) in [5, 5.41) is 3.53. The Morgan fingerprint density at radius 2 is 2.22 bits per heavy atom. The minimum absolute atomic E-state index is 0.0104. The first-order valence-electron chi connectivity index (χ1n) is 6.38. The van der Waals surface area contributed by atoms with Crippen molar-refractivity contribution in [2.75, 3.05) is 13.2 Å². The third-order valence-electron chi connectivity index (χ3n) is 3.43. The lowest BCUT2D eigenvalue weighted by Gasteiger charge is -2.20. The van der Waals surface area contributed by atoms with Crippen molar-refractivity contribution >= 4 is 15.9 Å². The standard InChI is InChI=1S/C14H19BrFNO/c1-9(2)13-5-6-18-14(8-17-13)11-4-3-10(16)7-12(11)15/h3-4,7,9,13-14,17H,5-6,8H2,1-2H3. The number of hydrogen-bond acceptors (Lipinski definition) is 2. The molecule has 18 heavy (non-hydrogen) atoms. The molecular formula is C14H19BrFNO. The van der Waals surface area contributed by atoms with Gasteiger partial charge in [-0.05, 0) is 30.0 Å². The average molecular weight is 316 g/mol. The van der Waals surface area contributed by atoms with E-state index in [-0.39, 0.29) is 11.9 Å². The highest BCUT2D eigenvalue weighted by atomic mass is 79.9. The molecule has 2 unspecified atom stereocenters. The van der Waals surface area contributed by atoms with Crippen molar-refractivity contribution in [3.8, 4) is 0 Å². The van der Waals surface area contributed by atoms with Gasteiger partial charge in [0.05, 0.1) is 6.10 Å². The Hall–Kier alpha value is -0.450. The second kappa shape index (κ2) is 6.13. The molecule has 0 aliphatic carbocycles. The van der Waals surface area contributed by atoms with E-state index >= 15 is 0 Å². The Balaban J connectivity index is 2.10. The van der Waals surface area contributed by atoms with Gasteiger partial charge in [0.2, 0.25) is 0 Å². The van der Waals surface area contributed by atoms with Gasteiger partial charge in [-0.1, -0.05) is 35.8 Å². The average Bonchev–Trinajstić information content (AvgIpc) is 2.54. The Morgan fingerprint density at radius 1 is 1.44 bits per heavy atom. The highest BCUT2D eigenvalue weighted by molar-refractivity contribution is 9.10. The summed E-state index contributed by atoms with van der Waals surface area (Å²) < 4.78 is 19.7. The molecule has 2 rings (SSSR count). The van der Waals surface area contributed by atoms with Crippen LogP contribution in [0.25, 0.3) is 0 Å². The minimum Gasteiger partial charge on any atom is -0.372 e. The van der Waals surface area contributed by atoms with Crippen LogP contribution in [0.15, 0.2) is 22.7 Å². The Bertz CT molecular complexity index is 411. The van der Waals surface area contributed by atoms with Crippen molar-refractivity contribution in [3.63, 3.8) is 0 Å². The zero-order valence-electron chi connectivity index (χ0n) is 10.7. The molecule has 1 aliphatic heterocycles. The predicted molar refractivity (Wildman–Crippen MR) is 74.0 cm³/mol. The lowest BCUT2D eigenvalue weighted by molar-refractivity contribution is 0.0655. The Labute approximate surface area is 116 Å². The third kappa shape index (κ3) is 3.31. The quantitative estimate of drug-likeness (QED) is 0.899. The van der Waals surface area contributed by atoms with Crippen LogP contribution in [0.5, 0.6) is 0 Å². The second-order valence-corrected chi connectivity index (χ2v) is 5.93. The summed E-state index contributed by atoms with van der Waals surface area (Å²) in [6, 6.07) is 5.26. The molecule has 1 aromatic carbocycles. The molecule has 2 nitrogen and oxygen atoms in total. The molecule has 0 radical (unpaired) electrons. The van der Waals surface area contributed by atoms with Gasteiger partial charge in [-0.3, -0.25) is 0 Å². The van der Waals surface area contributed by atoms with E-state index in [0.717, 1.165) is 29.6 Å². The van der Waals surface area contributed by atoms with Crippen LogP contribution in [0.4, 0.5) is 4.39 Å². The number of benzene rings is 1. The first kappa shape index (κ1) is 14.0. The van der Waals surface area contributed by atoms with Crippen LogP contribution in [-0.2, 0) is 4.74 Å². The number of nitrogens with one attached hydrogen (secondary N) is 1. The molecule has 0 bridgehead atoms. The zero-order chi connectivity index (χ0) is 13.1. The summed E-state index contributed by atoms with van der Waals surface area (Å²) in [4.78, 5) is 0. The number of rotatable bonds is 2. The van der Waals surface area contributed by atoms with Crippen LogP contribution in [0, 0.1) is 11.7 Å². The minimum atomic E-state index is -0.229. The first-order chi connectivity index (χ1) is 8.58. The fraction of sp³-hybridized carbons (Fsp3) is 0.571. The summed E-state index contributed by atoms with van der Waals surface area (Å²) >= 11 is 3.40. The molecule has 0 saturated carbocycles. The van der Waals surface area contributed by atoms with Crippen LogP contribution in [0.3, 0.4) is 0 Å². The number of hydrogen-bond donors (Lipinski definition) is 1. The fourth-order valence-corrected chi connectivity index (χ4v) is 2.89. The van der Waals surface area contributed by atoms with E-state index in [4.69, 9.17) is 4.74 Å². The molecule has 0 amide bonds. The van der Waals surface area contributed by atoms with Crippen LogP contribution in [0.2, 0.25) is 0 Å². The van der Waals surface area contributed by atoms with E-state index in [2.05, 4.69) is 35.1 Å². The Morgan fingerprint density at radius 3 is 2.89 bits per heavy atom. The van der Waals surface area contributed by atoms with Crippen LogP contribution >= 0.6 is 15.9 Å². The van der Waals surface area contributed by atoms with Gasteiger partial charge in [-0.15, -0.1) is 0 Å². The van der Waals surface area contributed by atoms with Crippen molar-refractivity contribution in [1.29, 1.82) is 0 Å². The molecule has 0 spiro atoms. The maximum Gasteiger partial charge on any atom is 0.124 e. The van der Waals surface area contributed by atoms with Gasteiger partial charge < -0.3 is 10.1 Å². The van der Waals surface area contributed by atoms with Crippen molar-refractivity contribution in [2.45, 2.75) is 32.4 Å². The molecular weight excluding hydrogens is 297 g/mol. The molecule has 1 N–H and O–H groups in total. The van der Waals surface area contributed by atoms with Gasteiger partial charge in [-0.2, -0.15) is 0 Å². The zero-order valence-corrected chi connectivity index (χ0v) is 12.3. The topological polar surface area (TPSA) is 21.3 Å². The molecule has 100 valence electrons. The predicted octanol–water partition coefficient (Wildman–Crippen LogP) is 3.66. The van der Waals surface area contributed by atoms with Gasteiger partial charge in [-0.25, -0.2) is 4.39 Å². The largest absolute Gasteiger partial charge is 0.372 e. The second-order valence-electron chi connectivity index (χ2n) is 5.07. The van der Waals surface area contributed by atoms with Crippen LogP contribution in [0.1, 0.15) is 31.9 Å². The van der Waals surface area contributed by atoms with Gasteiger partial charge in [0.1, 0.15) is 5.82 Å². The highest BCUT2D eigenvalue weighted by Crippen LogP contribution is 2.28. The maximum absolute atomic E-state index is 13.1. The van der Waals surface area contributed by atoms with Crippen molar-refractivity contribution < 1.29 is 9.13 Å². The third-order valence-corrected chi connectivity index (χ3v) is 4.11. The maximum atomic E-state index is 13.1. The normalized spacial score (nSPS) is 25.2. The number of ether oxygens (including phenoxy) is 1. The van der Waals surface area contributed by atoms with E-state index in [9.17, 15) is 4.39 Å². The van der Waals surface area contributed by atoms with Crippen molar-refractivity contribution in [3.05, 3.63) is 34.1 Å². The fourth-order valence-electron chi connectivity index (χ4n) is 2.29. The SMILES string of the molecule is CC(C)C1CCOC(c2ccc(F)cc2Br)CN1. The molecule has 1 fully saturated rings. The lowest BCUT2D eigenvalue weighted by Crippen LogP contribution is -2.34. The first-order valence-corrected chi connectivity index (χ1v) is 7.17. The molecule has 1 heterocycles. The summed E-state index contributed by atoms with van der Waals surface area (Å²) in [6.45, 7) is 5.94. The van der Waals surface area contributed by atoms with E-state index in [0.29, 0.717) is 12.0 Å². The summed E-state index contributed by atoms with van der Waals surface area (Å²) in [5.41, 5.74) is 1.01. The van der Waals surface area contributed by atoms with E-state index in [1.807, 2.05) is 0 Å². The van der Waals surface area contributed by atoms with Crippen LogP contribution in [-0.4, -0.2) is 19.2 Å². The molecule has 2 atom stereocenters. The van der Waals surface area contributed by atoms with Crippen molar-refractivity contribution in [2.24, 2.45) is 5.92 Å². The van der Waals surface area contributed by atoms with Gasteiger partial charge >= 0.3 is 0 Å². The van der Waals surface area contributed by atoms with Gasteiger partial charge in [0, 0.05) is 23.7 Å². The van der Waals surface area contributed by atoms with E-state index in [1.54, 1.807) is 6.07 Å². The molecule has 0 aromatic heterocycles. The van der Waals surface area contributed by atoms with E-state index < -0.39 is 0 Å². The van der Waals surface area contributed by atoms with E-state index in [1.165, 1.54) is 12.1 Å². The highest BCUT2D eigenvalue weighted by Gasteiger charge is 2.23. The molecule has 1 aromatic rings. The summed E-state index contributed by atoms with van der Waals surface area (Å²) in [5.74, 6) is 0.372. The molecule has 4 heteroatoms. The lowest BCUT2D eigenvalue weighted by atomic mass is 10.0. The van der Waals surface area contributed by atoms with Gasteiger partial charge in [0.15, 0.2) is 0 Å². The smallest absolute Gasteiger partial charge is 0.124 e. The van der Waals surface area contributed by atoms with Crippen LogP contribution < -0.4 is 5.32 Å². The monoisotopic (exact) mass is 315 g/mol. The summed E-state index contributed by atoms with van der Waals surface area (Å²) in [6.07, 6.45) is 1.01. The Kier molecular flexibility index (Phi) is 4.76. The van der Waals surface area contributed by atoms with Gasteiger partial charge in [0.25, 0.3) is 0 Å². The number of halogens is 2. The van der Waals surface area contributed by atoms with Crippen molar-refractivity contribution in [1.82, 2.24) is 5.32 Å². The molecule has 1 aliphatic rings. The molecule has 1 saturated heterocycles.